The molecule has 0 saturated carbocycles. The van der Waals surface area contributed by atoms with E-state index in [2.05, 4.69) is 0 Å². The summed E-state index contributed by atoms with van der Waals surface area (Å²) in [5, 5.41) is 9.06. The molecule has 2 rings (SSSR count). The largest absolute Gasteiger partial charge is 0.497 e. The fourth-order valence-corrected chi connectivity index (χ4v) is 1.82. The number of ether oxygens (including phenoxy) is 2. The van der Waals surface area contributed by atoms with Crippen LogP contribution in [-0.2, 0) is 16.0 Å². The number of hydrogen-bond acceptors (Lipinski definition) is 4. The van der Waals surface area contributed by atoms with Gasteiger partial charge in [-0.25, -0.2) is 9.59 Å². The molecule has 1 N–H and O–H groups in total. The number of carbonyl (C=O) groups excluding carboxylic acids is 1. The number of hydrogen-bond donors (Lipinski definition) is 1. The number of carboxylic acid groups (broad SMARTS) is 1. The molecule has 1 aliphatic rings. The van der Waals surface area contributed by atoms with Gasteiger partial charge in [-0.05, 0) is 30.7 Å². The Kier molecular flexibility index (Phi) is 2.53. The van der Waals surface area contributed by atoms with Crippen LogP contribution in [0.1, 0.15) is 22.8 Å². The van der Waals surface area contributed by atoms with Crippen LogP contribution in [0.5, 0.6) is 5.75 Å². The summed E-state index contributed by atoms with van der Waals surface area (Å²) in [5.74, 6) is -1.18. The number of rotatable bonds is 2. The Bertz CT molecular complexity index is 494. The molecule has 0 radical (unpaired) electrons. The molecule has 1 heterocycles. The summed E-state index contributed by atoms with van der Waals surface area (Å²) >= 11 is 0. The highest BCUT2D eigenvalue weighted by molar-refractivity contribution is 5.96. The first-order valence-corrected chi connectivity index (χ1v) is 5.10. The van der Waals surface area contributed by atoms with Gasteiger partial charge >= 0.3 is 11.9 Å². The average Bonchev–Trinajstić information content (AvgIpc) is 2.27. The minimum absolute atomic E-state index is 0.139. The second-order valence-electron chi connectivity index (χ2n) is 4.13. The van der Waals surface area contributed by atoms with E-state index in [4.69, 9.17) is 14.6 Å². The second-order valence-corrected chi connectivity index (χ2v) is 4.13. The van der Waals surface area contributed by atoms with Crippen LogP contribution in [0.2, 0.25) is 0 Å². The molecule has 1 aliphatic heterocycles. The van der Waals surface area contributed by atoms with Gasteiger partial charge in [-0.2, -0.15) is 0 Å². The molecule has 17 heavy (non-hydrogen) atoms. The van der Waals surface area contributed by atoms with E-state index in [1.165, 1.54) is 14.0 Å². The fourth-order valence-electron chi connectivity index (χ4n) is 1.82. The Balaban J connectivity index is 2.47. The zero-order valence-corrected chi connectivity index (χ0v) is 9.52. The first-order chi connectivity index (χ1) is 7.96. The van der Waals surface area contributed by atoms with Crippen molar-refractivity contribution in [3.63, 3.8) is 0 Å². The molecule has 0 bridgehead atoms. The number of fused-ring (bicyclic) bond motifs is 1. The molecule has 0 aromatic heterocycles. The van der Waals surface area contributed by atoms with Gasteiger partial charge in [-0.15, -0.1) is 0 Å². The van der Waals surface area contributed by atoms with Crippen molar-refractivity contribution in [1.82, 2.24) is 0 Å². The summed E-state index contributed by atoms with van der Waals surface area (Å²) < 4.78 is 10.0. The van der Waals surface area contributed by atoms with Crippen LogP contribution >= 0.6 is 0 Å². The highest BCUT2D eigenvalue weighted by Crippen LogP contribution is 2.30. The van der Waals surface area contributed by atoms with E-state index in [-0.39, 0.29) is 6.42 Å². The maximum absolute atomic E-state index is 11.7. The minimum Gasteiger partial charge on any atom is -0.497 e. The van der Waals surface area contributed by atoms with Gasteiger partial charge in [-0.1, -0.05) is 0 Å². The van der Waals surface area contributed by atoms with Crippen molar-refractivity contribution >= 4 is 11.9 Å². The fraction of sp³-hybridized carbons (Fsp3) is 0.333. The number of methoxy groups -OCH3 is 1. The Hall–Kier alpha value is -2.04. The zero-order chi connectivity index (χ0) is 12.6. The topological polar surface area (TPSA) is 72.8 Å². The smallest absolute Gasteiger partial charge is 0.348 e. The van der Waals surface area contributed by atoms with Crippen molar-refractivity contribution in [2.24, 2.45) is 0 Å². The molecular formula is C12H12O5. The van der Waals surface area contributed by atoms with Crippen molar-refractivity contribution in [3.8, 4) is 5.75 Å². The van der Waals surface area contributed by atoms with Gasteiger partial charge in [0.2, 0.25) is 5.60 Å². The standard InChI is InChI=1S/C12H12O5/c1-12(11(14)15)6-7-5-8(16-2)3-4-9(7)10(13)17-12/h3-5H,6H2,1-2H3,(H,14,15). The molecular weight excluding hydrogens is 224 g/mol. The second kappa shape index (κ2) is 3.76. The van der Waals surface area contributed by atoms with Gasteiger partial charge in [0.25, 0.3) is 0 Å². The van der Waals surface area contributed by atoms with Gasteiger partial charge in [-0.3, -0.25) is 0 Å². The predicted octanol–water partition coefficient (Wildman–Crippen LogP) is 1.25. The van der Waals surface area contributed by atoms with Crippen molar-refractivity contribution in [3.05, 3.63) is 29.3 Å². The Morgan fingerprint density at radius 3 is 2.82 bits per heavy atom. The third-order valence-electron chi connectivity index (χ3n) is 2.83. The maximum Gasteiger partial charge on any atom is 0.348 e. The first kappa shape index (κ1) is 11.4. The van der Waals surface area contributed by atoms with Crippen LogP contribution in [0.3, 0.4) is 0 Å². The van der Waals surface area contributed by atoms with Crippen molar-refractivity contribution < 1.29 is 24.2 Å². The van der Waals surface area contributed by atoms with Gasteiger partial charge in [0.1, 0.15) is 5.75 Å². The molecule has 1 unspecified atom stereocenters. The van der Waals surface area contributed by atoms with E-state index in [1.54, 1.807) is 18.2 Å². The number of aliphatic carboxylic acids is 1. The highest BCUT2D eigenvalue weighted by atomic mass is 16.6. The lowest BCUT2D eigenvalue weighted by Crippen LogP contribution is -2.45. The number of benzene rings is 1. The molecule has 90 valence electrons. The molecule has 0 aliphatic carbocycles. The lowest BCUT2D eigenvalue weighted by molar-refractivity contribution is -0.158. The summed E-state index contributed by atoms with van der Waals surface area (Å²) in [4.78, 5) is 22.8. The van der Waals surface area contributed by atoms with Crippen LogP contribution < -0.4 is 4.74 Å². The van der Waals surface area contributed by atoms with E-state index in [9.17, 15) is 9.59 Å². The van der Waals surface area contributed by atoms with Gasteiger partial charge in [0.15, 0.2) is 0 Å². The van der Waals surface area contributed by atoms with Crippen LogP contribution in [0, 0.1) is 0 Å². The van der Waals surface area contributed by atoms with Crippen LogP contribution in [-0.4, -0.2) is 29.8 Å². The SMILES string of the molecule is COc1ccc2c(c1)CC(C)(C(=O)O)OC2=O. The Morgan fingerprint density at radius 1 is 1.53 bits per heavy atom. The van der Waals surface area contributed by atoms with E-state index in [0.717, 1.165) is 0 Å². The third-order valence-corrected chi connectivity index (χ3v) is 2.83. The molecule has 0 saturated heterocycles. The Labute approximate surface area is 98.0 Å². The molecule has 0 fully saturated rings. The molecule has 0 amide bonds. The van der Waals surface area contributed by atoms with Crippen LogP contribution in [0.4, 0.5) is 0 Å². The third kappa shape index (κ3) is 1.84. The van der Waals surface area contributed by atoms with E-state index >= 15 is 0 Å². The van der Waals surface area contributed by atoms with E-state index in [0.29, 0.717) is 16.9 Å². The number of carbonyl (C=O) groups is 2. The first-order valence-electron chi connectivity index (χ1n) is 5.10. The van der Waals surface area contributed by atoms with Gasteiger partial charge < -0.3 is 14.6 Å². The highest BCUT2D eigenvalue weighted by Gasteiger charge is 2.42. The summed E-state index contributed by atoms with van der Waals surface area (Å²) in [7, 11) is 1.51. The van der Waals surface area contributed by atoms with Crippen LogP contribution in [0.15, 0.2) is 18.2 Å². The summed E-state index contributed by atoms with van der Waals surface area (Å²) in [6.07, 6.45) is 0.139. The molecule has 1 aromatic rings. The molecule has 1 aromatic carbocycles. The lowest BCUT2D eigenvalue weighted by Gasteiger charge is -2.30. The normalized spacial score (nSPS) is 22.6. The average molecular weight is 236 g/mol. The number of esters is 1. The Morgan fingerprint density at radius 2 is 2.24 bits per heavy atom. The minimum atomic E-state index is -1.50. The van der Waals surface area contributed by atoms with Crippen molar-refractivity contribution in [1.29, 1.82) is 0 Å². The lowest BCUT2D eigenvalue weighted by atomic mass is 9.90. The molecule has 0 spiro atoms. The molecule has 1 atom stereocenters. The van der Waals surface area contributed by atoms with E-state index in [1.807, 2.05) is 0 Å². The summed E-state index contributed by atoms with van der Waals surface area (Å²) in [6.45, 7) is 1.38. The predicted molar refractivity (Wildman–Crippen MR) is 58.2 cm³/mol. The number of carboxylic acids is 1. The zero-order valence-electron chi connectivity index (χ0n) is 9.52. The van der Waals surface area contributed by atoms with Gasteiger partial charge in [0.05, 0.1) is 12.7 Å². The van der Waals surface area contributed by atoms with Crippen LogP contribution in [0.25, 0.3) is 0 Å². The summed E-state index contributed by atoms with van der Waals surface area (Å²) in [6, 6.07) is 4.89. The molecule has 5 heteroatoms. The van der Waals surface area contributed by atoms with Crippen molar-refractivity contribution in [2.45, 2.75) is 18.9 Å². The molecule has 5 nitrogen and oxygen atoms in total. The summed E-state index contributed by atoms with van der Waals surface area (Å²) in [5.41, 5.74) is -0.480. The van der Waals surface area contributed by atoms with Gasteiger partial charge in [0, 0.05) is 6.42 Å². The van der Waals surface area contributed by atoms with E-state index < -0.39 is 17.5 Å². The van der Waals surface area contributed by atoms with Crippen molar-refractivity contribution in [2.75, 3.05) is 7.11 Å². The monoisotopic (exact) mass is 236 g/mol. The quantitative estimate of drug-likeness (QED) is 0.782. The maximum atomic E-state index is 11.7. The number of cyclic esters (lactones) is 1.